The SMILES string of the molecule is CCc1cccc(CN2CCN(CC(N)=O)CC2)c1. The van der Waals surface area contributed by atoms with E-state index in [1.807, 2.05) is 0 Å². The van der Waals surface area contributed by atoms with E-state index in [1.165, 1.54) is 11.1 Å². The third kappa shape index (κ3) is 4.33. The zero-order chi connectivity index (χ0) is 13.7. The van der Waals surface area contributed by atoms with Crippen LogP contribution in [0.15, 0.2) is 24.3 Å². The summed E-state index contributed by atoms with van der Waals surface area (Å²) in [6.45, 7) is 7.43. The fourth-order valence-electron chi connectivity index (χ4n) is 2.53. The summed E-state index contributed by atoms with van der Waals surface area (Å²) in [7, 11) is 0. The second-order valence-corrected chi connectivity index (χ2v) is 5.19. The first-order valence-electron chi connectivity index (χ1n) is 6.98. The molecule has 0 aromatic heterocycles. The van der Waals surface area contributed by atoms with Crippen LogP contribution in [-0.4, -0.2) is 48.4 Å². The lowest BCUT2D eigenvalue weighted by Gasteiger charge is -2.34. The Morgan fingerprint density at radius 3 is 2.42 bits per heavy atom. The third-order valence-electron chi connectivity index (χ3n) is 3.65. The molecule has 1 saturated heterocycles. The molecule has 1 aliphatic heterocycles. The number of hydrogen-bond acceptors (Lipinski definition) is 3. The van der Waals surface area contributed by atoms with Gasteiger partial charge in [-0.05, 0) is 17.5 Å². The summed E-state index contributed by atoms with van der Waals surface area (Å²) in [5, 5.41) is 0. The lowest BCUT2D eigenvalue weighted by molar-refractivity contribution is -0.119. The number of rotatable bonds is 5. The average Bonchev–Trinajstić information content (AvgIpc) is 2.41. The Hall–Kier alpha value is -1.39. The van der Waals surface area contributed by atoms with Gasteiger partial charge >= 0.3 is 0 Å². The summed E-state index contributed by atoms with van der Waals surface area (Å²) >= 11 is 0. The Bertz CT molecular complexity index is 425. The van der Waals surface area contributed by atoms with E-state index in [9.17, 15) is 4.79 Å². The Kier molecular flexibility index (Phi) is 4.93. The number of hydrogen-bond donors (Lipinski definition) is 1. The minimum Gasteiger partial charge on any atom is -0.369 e. The van der Waals surface area contributed by atoms with Crippen molar-refractivity contribution in [2.75, 3.05) is 32.7 Å². The Morgan fingerprint density at radius 2 is 1.79 bits per heavy atom. The summed E-state index contributed by atoms with van der Waals surface area (Å²) in [5.74, 6) is -0.232. The normalized spacial score (nSPS) is 17.5. The van der Waals surface area contributed by atoms with E-state index in [4.69, 9.17) is 5.73 Å². The number of nitrogens with zero attached hydrogens (tertiary/aromatic N) is 2. The first-order chi connectivity index (χ1) is 9.17. The van der Waals surface area contributed by atoms with Crippen LogP contribution in [0.2, 0.25) is 0 Å². The summed E-state index contributed by atoms with van der Waals surface area (Å²) in [5.41, 5.74) is 7.99. The van der Waals surface area contributed by atoms with Gasteiger partial charge in [-0.15, -0.1) is 0 Å². The Labute approximate surface area is 115 Å². The van der Waals surface area contributed by atoms with Crippen molar-refractivity contribution in [2.45, 2.75) is 19.9 Å². The molecule has 0 unspecified atom stereocenters. The first kappa shape index (κ1) is 14.0. The van der Waals surface area contributed by atoms with Crippen molar-refractivity contribution in [3.05, 3.63) is 35.4 Å². The van der Waals surface area contributed by atoms with Crippen LogP contribution in [0.1, 0.15) is 18.1 Å². The molecule has 1 aromatic rings. The molecule has 0 saturated carbocycles. The first-order valence-corrected chi connectivity index (χ1v) is 6.98. The van der Waals surface area contributed by atoms with Gasteiger partial charge in [-0.1, -0.05) is 31.2 Å². The molecule has 1 aromatic carbocycles. The molecule has 0 spiro atoms. The molecular weight excluding hydrogens is 238 g/mol. The van der Waals surface area contributed by atoms with Crippen molar-refractivity contribution in [1.82, 2.24) is 9.80 Å². The molecule has 2 rings (SSSR count). The average molecular weight is 261 g/mol. The number of carbonyl (C=O) groups excluding carboxylic acids is 1. The van der Waals surface area contributed by atoms with Gasteiger partial charge < -0.3 is 5.73 Å². The number of aryl methyl sites for hydroxylation is 1. The predicted octanol–water partition coefficient (Wildman–Crippen LogP) is 0.852. The molecule has 4 nitrogen and oxygen atoms in total. The van der Waals surface area contributed by atoms with Gasteiger partial charge in [0.1, 0.15) is 0 Å². The van der Waals surface area contributed by atoms with Gasteiger partial charge in [0.05, 0.1) is 6.54 Å². The highest BCUT2D eigenvalue weighted by Gasteiger charge is 2.17. The van der Waals surface area contributed by atoms with E-state index in [1.54, 1.807) is 0 Å². The monoisotopic (exact) mass is 261 g/mol. The second-order valence-electron chi connectivity index (χ2n) is 5.19. The molecule has 0 bridgehead atoms. The smallest absolute Gasteiger partial charge is 0.231 e. The lowest BCUT2D eigenvalue weighted by Crippen LogP contribution is -2.48. The van der Waals surface area contributed by atoms with E-state index < -0.39 is 0 Å². The Balaban J connectivity index is 1.83. The molecule has 0 aliphatic carbocycles. The molecule has 1 aliphatic rings. The fourth-order valence-corrected chi connectivity index (χ4v) is 2.53. The lowest BCUT2D eigenvalue weighted by atomic mass is 10.1. The zero-order valence-corrected chi connectivity index (χ0v) is 11.6. The van der Waals surface area contributed by atoms with Crippen LogP contribution in [0.5, 0.6) is 0 Å². The molecule has 4 heteroatoms. The topological polar surface area (TPSA) is 49.6 Å². The van der Waals surface area contributed by atoms with Crippen molar-refractivity contribution < 1.29 is 4.79 Å². The van der Waals surface area contributed by atoms with Crippen LogP contribution < -0.4 is 5.73 Å². The molecule has 0 atom stereocenters. The number of carbonyl (C=O) groups is 1. The highest BCUT2D eigenvalue weighted by atomic mass is 16.1. The molecule has 1 heterocycles. The van der Waals surface area contributed by atoms with Crippen molar-refractivity contribution in [3.8, 4) is 0 Å². The Morgan fingerprint density at radius 1 is 1.16 bits per heavy atom. The van der Waals surface area contributed by atoms with Crippen LogP contribution in [0.4, 0.5) is 0 Å². The maximum Gasteiger partial charge on any atom is 0.231 e. The fraction of sp³-hybridized carbons (Fsp3) is 0.533. The van der Waals surface area contributed by atoms with Crippen LogP contribution in [0, 0.1) is 0 Å². The molecular formula is C15H23N3O. The van der Waals surface area contributed by atoms with Crippen molar-refractivity contribution in [3.63, 3.8) is 0 Å². The molecule has 1 fully saturated rings. The van der Waals surface area contributed by atoms with Crippen molar-refractivity contribution in [2.24, 2.45) is 5.73 Å². The summed E-state index contributed by atoms with van der Waals surface area (Å²) in [4.78, 5) is 15.4. The van der Waals surface area contributed by atoms with Gasteiger partial charge in [-0.25, -0.2) is 0 Å². The van der Waals surface area contributed by atoms with E-state index in [-0.39, 0.29) is 5.91 Å². The number of primary amides is 1. The summed E-state index contributed by atoms with van der Waals surface area (Å²) in [6.07, 6.45) is 1.08. The van der Waals surface area contributed by atoms with Crippen LogP contribution in [0.3, 0.4) is 0 Å². The van der Waals surface area contributed by atoms with Gasteiger partial charge in [0.25, 0.3) is 0 Å². The molecule has 104 valence electrons. The molecule has 19 heavy (non-hydrogen) atoms. The largest absolute Gasteiger partial charge is 0.369 e. The van der Waals surface area contributed by atoms with Gasteiger partial charge in [0.2, 0.25) is 5.91 Å². The minimum absolute atomic E-state index is 0.232. The van der Waals surface area contributed by atoms with Gasteiger partial charge in [0.15, 0.2) is 0 Å². The predicted molar refractivity (Wildman–Crippen MR) is 76.7 cm³/mol. The molecule has 0 radical (unpaired) electrons. The van der Waals surface area contributed by atoms with E-state index in [0.717, 1.165) is 39.1 Å². The number of nitrogens with two attached hydrogens (primary N) is 1. The number of benzene rings is 1. The second kappa shape index (κ2) is 6.68. The van der Waals surface area contributed by atoms with Gasteiger partial charge in [0, 0.05) is 32.7 Å². The van der Waals surface area contributed by atoms with Crippen LogP contribution in [-0.2, 0) is 17.8 Å². The number of amides is 1. The van der Waals surface area contributed by atoms with Gasteiger partial charge in [-0.3, -0.25) is 14.6 Å². The standard InChI is InChI=1S/C15H23N3O/c1-2-13-4-3-5-14(10-13)11-17-6-8-18(9-7-17)12-15(16)19/h3-5,10H,2,6-9,11-12H2,1H3,(H2,16,19). The van der Waals surface area contributed by atoms with E-state index in [2.05, 4.69) is 41.0 Å². The zero-order valence-electron chi connectivity index (χ0n) is 11.6. The van der Waals surface area contributed by atoms with Crippen molar-refractivity contribution >= 4 is 5.91 Å². The van der Waals surface area contributed by atoms with Gasteiger partial charge in [-0.2, -0.15) is 0 Å². The molecule has 2 N–H and O–H groups in total. The summed E-state index contributed by atoms with van der Waals surface area (Å²) < 4.78 is 0. The van der Waals surface area contributed by atoms with Crippen molar-refractivity contribution in [1.29, 1.82) is 0 Å². The molecule has 1 amide bonds. The number of piperazine rings is 1. The van der Waals surface area contributed by atoms with Crippen LogP contribution >= 0.6 is 0 Å². The minimum atomic E-state index is -0.232. The maximum absolute atomic E-state index is 10.9. The highest BCUT2D eigenvalue weighted by Crippen LogP contribution is 2.11. The van der Waals surface area contributed by atoms with E-state index >= 15 is 0 Å². The third-order valence-corrected chi connectivity index (χ3v) is 3.65. The summed E-state index contributed by atoms with van der Waals surface area (Å²) in [6, 6.07) is 8.79. The quantitative estimate of drug-likeness (QED) is 0.855. The highest BCUT2D eigenvalue weighted by molar-refractivity contribution is 5.75. The van der Waals surface area contributed by atoms with Crippen LogP contribution in [0.25, 0.3) is 0 Å². The maximum atomic E-state index is 10.9. The van der Waals surface area contributed by atoms with E-state index in [0.29, 0.717) is 6.54 Å².